The average molecular weight is 478 g/mol. The molecule has 0 unspecified atom stereocenters. The molecule has 5 rings (SSSR count). The molecule has 0 spiro atoms. The molecule has 36 heavy (non-hydrogen) atoms. The third-order valence-electron chi connectivity index (χ3n) is 5.62. The van der Waals surface area contributed by atoms with Crippen molar-refractivity contribution in [1.29, 1.82) is 0 Å². The topological polar surface area (TPSA) is 95.9 Å². The number of benzene rings is 2. The molecule has 2 N–H and O–H groups in total. The van der Waals surface area contributed by atoms with Gasteiger partial charge in [-0.2, -0.15) is 0 Å². The van der Waals surface area contributed by atoms with Crippen molar-refractivity contribution >= 4 is 23.0 Å². The van der Waals surface area contributed by atoms with E-state index >= 15 is 0 Å². The van der Waals surface area contributed by atoms with Crippen molar-refractivity contribution in [3.8, 4) is 28.3 Å². The number of nitrogens with two attached hydrogens (primary N) is 1. The van der Waals surface area contributed by atoms with Crippen LogP contribution in [0.3, 0.4) is 0 Å². The molecule has 0 fully saturated rings. The summed E-state index contributed by atoms with van der Waals surface area (Å²) in [7, 11) is 0. The predicted octanol–water partition coefficient (Wildman–Crippen LogP) is 5.62. The lowest BCUT2D eigenvalue weighted by molar-refractivity contribution is -0.153. The van der Waals surface area contributed by atoms with Crippen LogP contribution in [0.5, 0.6) is 0 Å². The Morgan fingerprint density at radius 2 is 1.67 bits per heavy atom. The highest BCUT2D eigenvalue weighted by Crippen LogP contribution is 2.31. The molecule has 180 valence electrons. The van der Waals surface area contributed by atoms with E-state index in [9.17, 15) is 4.79 Å². The quantitative estimate of drug-likeness (QED) is 0.330. The van der Waals surface area contributed by atoms with E-state index in [4.69, 9.17) is 20.4 Å². The van der Waals surface area contributed by atoms with E-state index in [0.717, 1.165) is 33.6 Å². The number of rotatable bonds is 5. The van der Waals surface area contributed by atoms with Crippen LogP contribution >= 0.6 is 0 Å². The Kier molecular flexibility index (Phi) is 5.98. The number of nitrogen functional groups attached to an aromatic ring is 1. The fraction of sp³-hybridized carbons (Fsp3) is 0.172. The van der Waals surface area contributed by atoms with Gasteiger partial charge in [0.05, 0.1) is 17.7 Å². The number of aromatic nitrogens is 4. The van der Waals surface area contributed by atoms with Gasteiger partial charge in [-0.25, -0.2) is 15.0 Å². The molecule has 0 saturated heterocycles. The van der Waals surface area contributed by atoms with Crippen molar-refractivity contribution in [2.24, 2.45) is 0 Å². The number of carbonyl (C=O) groups excluding carboxylic acids is 1. The Bertz CT molecular complexity index is 1530. The SMILES string of the molecule is CC(C)(C)OC(=O)Cc1ccc(-n2c(-c3cccnc3N)nc3ccc(-c4ccccc4)nc32)cc1. The monoisotopic (exact) mass is 477 g/mol. The first-order valence-electron chi connectivity index (χ1n) is 11.8. The van der Waals surface area contributed by atoms with Gasteiger partial charge in [0.1, 0.15) is 16.9 Å². The second-order valence-electron chi connectivity index (χ2n) is 9.54. The zero-order valence-corrected chi connectivity index (χ0v) is 20.5. The van der Waals surface area contributed by atoms with E-state index < -0.39 is 5.60 Å². The van der Waals surface area contributed by atoms with Gasteiger partial charge in [-0.1, -0.05) is 42.5 Å². The Hall–Kier alpha value is -4.52. The molecule has 7 heteroatoms. The van der Waals surface area contributed by atoms with E-state index in [2.05, 4.69) is 4.98 Å². The maximum Gasteiger partial charge on any atom is 0.310 e. The maximum absolute atomic E-state index is 12.3. The van der Waals surface area contributed by atoms with Crippen LogP contribution in [0.25, 0.3) is 39.5 Å². The van der Waals surface area contributed by atoms with Crippen LogP contribution in [-0.4, -0.2) is 31.1 Å². The number of pyridine rings is 2. The number of hydrogen-bond acceptors (Lipinski definition) is 6. The van der Waals surface area contributed by atoms with Gasteiger partial charge in [-0.05, 0) is 62.7 Å². The highest BCUT2D eigenvalue weighted by atomic mass is 16.6. The summed E-state index contributed by atoms with van der Waals surface area (Å²) in [6, 6.07) is 25.4. The normalized spacial score (nSPS) is 11.5. The Morgan fingerprint density at radius 1 is 0.917 bits per heavy atom. The average Bonchev–Trinajstić information content (AvgIpc) is 3.22. The van der Waals surface area contributed by atoms with Crippen molar-refractivity contribution in [2.75, 3.05) is 5.73 Å². The molecular formula is C29H27N5O2. The van der Waals surface area contributed by atoms with Gasteiger partial charge in [0, 0.05) is 17.4 Å². The van der Waals surface area contributed by atoms with Gasteiger partial charge in [-0.3, -0.25) is 9.36 Å². The predicted molar refractivity (Wildman–Crippen MR) is 141 cm³/mol. The number of fused-ring (bicyclic) bond motifs is 1. The largest absolute Gasteiger partial charge is 0.460 e. The second-order valence-corrected chi connectivity index (χ2v) is 9.54. The lowest BCUT2D eigenvalue weighted by Crippen LogP contribution is -2.24. The highest BCUT2D eigenvalue weighted by molar-refractivity contribution is 5.84. The number of esters is 1. The summed E-state index contributed by atoms with van der Waals surface area (Å²) in [6.45, 7) is 5.58. The van der Waals surface area contributed by atoms with E-state index in [1.54, 1.807) is 6.20 Å². The zero-order valence-electron chi connectivity index (χ0n) is 20.5. The molecule has 0 saturated carbocycles. The molecule has 0 aliphatic carbocycles. The number of ether oxygens (including phenoxy) is 1. The van der Waals surface area contributed by atoms with Crippen molar-refractivity contribution in [1.82, 2.24) is 19.5 Å². The highest BCUT2D eigenvalue weighted by Gasteiger charge is 2.20. The standard InChI is InChI=1S/C29H27N5O2/c1-29(2,3)36-25(35)18-19-11-13-21(14-12-19)34-27(22-10-7-17-31-26(22)30)33-24-16-15-23(32-28(24)34)20-8-5-4-6-9-20/h4-17H,18H2,1-3H3,(H2,30,31). The van der Waals surface area contributed by atoms with Crippen molar-refractivity contribution in [3.05, 3.63) is 90.6 Å². The first kappa shape index (κ1) is 23.2. The Balaban J connectivity index is 1.61. The summed E-state index contributed by atoms with van der Waals surface area (Å²) in [4.78, 5) is 26.4. The fourth-order valence-corrected chi connectivity index (χ4v) is 4.07. The van der Waals surface area contributed by atoms with Crippen molar-refractivity contribution in [3.63, 3.8) is 0 Å². The molecule has 0 atom stereocenters. The maximum atomic E-state index is 12.3. The Morgan fingerprint density at radius 3 is 2.36 bits per heavy atom. The summed E-state index contributed by atoms with van der Waals surface area (Å²) < 4.78 is 7.44. The van der Waals surface area contributed by atoms with E-state index in [1.807, 2.05) is 104 Å². The fourth-order valence-electron chi connectivity index (χ4n) is 4.07. The Labute approximate surface area is 209 Å². The molecule has 3 aromatic heterocycles. The van der Waals surface area contributed by atoms with Crippen LogP contribution in [0.15, 0.2) is 85.1 Å². The number of carbonyl (C=O) groups is 1. The second kappa shape index (κ2) is 9.26. The summed E-state index contributed by atoms with van der Waals surface area (Å²) in [5.74, 6) is 0.772. The van der Waals surface area contributed by atoms with Gasteiger partial charge in [0.15, 0.2) is 11.5 Å². The van der Waals surface area contributed by atoms with Crippen molar-refractivity contribution in [2.45, 2.75) is 32.8 Å². The minimum Gasteiger partial charge on any atom is -0.460 e. The van der Waals surface area contributed by atoms with Gasteiger partial charge in [0.2, 0.25) is 0 Å². The lowest BCUT2D eigenvalue weighted by Gasteiger charge is -2.19. The summed E-state index contributed by atoms with van der Waals surface area (Å²) in [6.07, 6.45) is 1.85. The van der Waals surface area contributed by atoms with Crippen LogP contribution in [-0.2, 0) is 16.0 Å². The van der Waals surface area contributed by atoms with Crippen LogP contribution in [0.1, 0.15) is 26.3 Å². The number of imidazole rings is 1. The zero-order chi connectivity index (χ0) is 25.3. The third-order valence-corrected chi connectivity index (χ3v) is 5.62. The molecule has 3 heterocycles. The molecular weight excluding hydrogens is 450 g/mol. The molecule has 0 bridgehead atoms. The number of hydrogen-bond donors (Lipinski definition) is 1. The van der Waals surface area contributed by atoms with Gasteiger partial charge < -0.3 is 10.5 Å². The molecule has 0 aliphatic rings. The lowest BCUT2D eigenvalue weighted by atomic mass is 10.1. The van der Waals surface area contributed by atoms with Crippen LogP contribution in [0, 0.1) is 0 Å². The molecule has 7 nitrogen and oxygen atoms in total. The first-order valence-corrected chi connectivity index (χ1v) is 11.8. The molecule has 5 aromatic rings. The summed E-state index contributed by atoms with van der Waals surface area (Å²) in [5, 5.41) is 0. The van der Waals surface area contributed by atoms with E-state index in [-0.39, 0.29) is 12.4 Å². The smallest absolute Gasteiger partial charge is 0.310 e. The molecule has 0 aliphatic heterocycles. The first-order chi connectivity index (χ1) is 17.3. The van der Waals surface area contributed by atoms with Gasteiger partial charge in [-0.15, -0.1) is 0 Å². The minimum absolute atomic E-state index is 0.195. The minimum atomic E-state index is -0.520. The third kappa shape index (κ3) is 4.81. The molecule has 0 radical (unpaired) electrons. The number of anilines is 1. The van der Waals surface area contributed by atoms with Crippen LogP contribution in [0.4, 0.5) is 5.82 Å². The van der Waals surface area contributed by atoms with Crippen molar-refractivity contribution < 1.29 is 9.53 Å². The van der Waals surface area contributed by atoms with E-state index in [0.29, 0.717) is 17.3 Å². The van der Waals surface area contributed by atoms with Crippen LogP contribution in [0.2, 0.25) is 0 Å². The summed E-state index contributed by atoms with van der Waals surface area (Å²) >= 11 is 0. The van der Waals surface area contributed by atoms with Gasteiger partial charge >= 0.3 is 5.97 Å². The van der Waals surface area contributed by atoms with Gasteiger partial charge in [0.25, 0.3) is 0 Å². The summed E-state index contributed by atoms with van der Waals surface area (Å²) in [5.41, 5.74) is 11.4. The molecule has 0 amide bonds. The van der Waals surface area contributed by atoms with E-state index in [1.165, 1.54) is 0 Å². The molecule has 2 aromatic carbocycles. The number of nitrogens with zero attached hydrogens (tertiary/aromatic N) is 4. The van der Waals surface area contributed by atoms with Crippen LogP contribution < -0.4 is 5.73 Å².